The molecular weight excluding hydrogens is 598 g/mol. The van der Waals surface area contributed by atoms with E-state index in [0.29, 0.717) is 18.6 Å². The molecule has 0 spiro atoms. The van der Waals surface area contributed by atoms with Gasteiger partial charge < -0.3 is 25.0 Å². The third kappa shape index (κ3) is 14.2. The average Bonchev–Trinajstić information content (AvgIpc) is 2.97. The Morgan fingerprint density at radius 2 is 1.33 bits per heavy atom. The molecule has 0 radical (unpaired) electrons. The average molecular weight is 648 g/mol. The number of thioether (sulfide) groups is 1. The van der Waals surface area contributed by atoms with E-state index in [1.54, 1.807) is 20.8 Å². The summed E-state index contributed by atoms with van der Waals surface area (Å²) in [5, 5.41) is 25.0. The molecule has 0 bridgehead atoms. The Morgan fingerprint density at radius 1 is 0.761 bits per heavy atom. The second-order valence-electron chi connectivity index (χ2n) is 13.5. The van der Waals surface area contributed by atoms with E-state index < -0.39 is 35.9 Å². The molecule has 248 valence electrons. The molecule has 0 aliphatic carbocycles. The summed E-state index contributed by atoms with van der Waals surface area (Å²) in [6.07, 6.45) is 1.27. The number of aliphatic hydroxyl groups is 2. The van der Waals surface area contributed by atoms with Crippen molar-refractivity contribution in [2.24, 2.45) is 5.92 Å². The maximum atomic E-state index is 13.4. The molecule has 8 heteroatoms. The topological polar surface area (TPSA) is 105 Å². The van der Waals surface area contributed by atoms with Crippen molar-refractivity contribution in [2.45, 2.75) is 96.0 Å². The van der Waals surface area contributed by atoms with Crippen LogP contribution in [-0.4, -0.2) is 50.9 Å². The second kappa shape index (κ2) is 17.4. The van der Waals surface area contributed by atoms with Crippen molar-refractivity contribution in [3.05, 3.63) is 114 Å². The fourth-order valence-corrected chi connectivity index (χ4v) is 5.73. The molecule has 0 aliphatic rings. The van der Waals surface area contributed by atoms with Gasteiger partial charge in [-0.2, -0.15) is 0 Å². The van der Waals surface area contributed by atoms with Gasteiger partial charge in [0.25, 0.3) is 0 Å². The van der Waals surface area contributed by atoms with Crippen molar-refractivity contribution >= 4 is 23.0 Å². The normalized spacial score (nSPS) is 14.7. The minimum atomic E-state index is -1.11. The summed E-state index contributed by atoms with van der Waals surface area (Å²) in [5.41, 5.74) is 1.91. The van der Waals surface area contributed by atoms with Crippen LogP contribution in [0.5, 0.6) is 5.75 Å². The van der Waals surface area contributed by atoms with Crippen molar-refractivity contribution in [2.75, 3.05) is 0 Å². The van der Waals surface area contributed by atoms with E-state index >= 15 is 0 Å². The van der Waals surface area contributed by atoms with E-state index in [-0.39, 0.29) is 17.1 Å². The maximum absolute atomic E-state index is 13.4. The van der Waals surface area contributed by atoms with Gasteiger partial charge >= 0.3 is 6.09 Å². The van der Waals surface area contributed by atoms with E-state index in [9.17, 15) is 19.8 Å². The first-order chi connectivity index (χ1) is 21.7. The molecule has 0 heterocycles. The SMILES string of the molecule is CC(C)(C)OC(=O)N[C@@H](Cc1ccc(OC(C)(C)C)cc1)C[C@H](O)/C=C/[C@@H](O)[C@H](Cc1ccccc1)C(=O)SCc1ccccc1. The van der Waals surface area contributed by atoms with Gasteiger partial charge in [-0.15, -0.1) is 0 Å². The number of aliphatic hydroxyl groups excluding tert-OH is 2. The summed E-state index contributed by atoms with van der Waals surface area (Å²) in [4.78, 5) is 26.0. The molecule has 0 saturated heterocycles. The van der Waals surface area contributed by atoms with Gasteiger partial charge in [-0.3, -0.25) is 4.79 Å². The number of rotatable bonds is 14. The summed E-state index contributed by atoms with van der Waals surface area (Å²) in [5.74, 6) is 0.543. The quantitative estimate of drug-likeness (QED) is 0.158. The lowest BCUT2D eigenvalue weighted by atomic mass is 9.94. The Bertz CT molecular complexity index is 1380. The number of hydrogen-bond donors (Lipinski definition) is 3. The first-order valence-electron chi connectivity index (χ1n) is 15.7. The highest BCUT2D eigenvalue weighted by atomic mass is 32.2. The number of alkyl carbamates (subject to hydrolysis) is 1. The summed E-state index contributed by atoms with van der Waals surface area (Å²) in [6, 6.07) is 26.5. The molecule has 0 aromatic heterocycles. The van der Waals surface area contributed by atoms with Crippen LogP contribution >= 0.6 is 11.8 Å². The Hall–Kier alpha value is -3.59. The van der Waals surface area contributed by atoms with E-state index in [1.165, 1.54) is 23.9 Å². The highest BCUT2D eigenvalue weighted by molar-refractivity contribution is 8.13. The molecule has 3 aromatic carbocycles. The van der Waals surface area contributed by atoms with Crippen LogP contribution in [0.3, 0.4) is 0 Å². The van der Waals surface area contributed by atoms with E-state index in [2.05, 4.69) is 5.32 Å². The molecule has 3 rings (SSSR count). The van der Waals surface area contributed by atoms with Crippen LogP contribution in [0.25, 0.3) is 0 Å². The highest BCUT2D eigenvalue weighted by Crippen LogP contribution is 2.25. The van der Waals surface area contributed by atoms with Gasteiger partial charge in [-0.25, -0.2) is 4.79 Å². The van der Waals surface area contributed by atoms with Crippen LogP contribution in [0.15, 0.2) is 97.1 Å². The number of carbonyl (C=O) groups is 2. The molecule has 0 fully saturated rings. The predicted molar refractivity (Wildman–Crippen MR) is 186 cm³/mol. The summed E-state index contributed by atoms with van der Waals surface area (Å²) < 4.78 is 11.4. The molecule has 7 nitrogen and oxygen atoms in total. The van der Waals surface area contributed by atoms with Crippen molar-refractivity contribution in [1.29, 1.82) is 0 Å². The van der Waals surface area contributed by atoms with Gasteiger partial charge in [-0.1, -0.05) is 96.7 Å². The Morgan fingerprint density at radius 3 is 1.89 bits per heavy atom. The molecule has 0 unspecified atom stereocenters. The van der Waals surface area contributed by atoms with Crippen LogP contribution in [0.4, 0.5) is 4.79 Å². The number of benzene rings is 3. The van der Waals surface area contributed by atoms with Crippen molar-refractivity contribution < 1.29 is 29.3 Å². The highest BCUT2D eigenvalue weighted by Gasteiger charge is 2.27. The zero-order valence-corrected chi connectivity index (χ0v) is 28.6. The van der Waals surface area contributed by atoms with Crippen LogP contribution < -0.4 is 10.1 Å². The molecule has 46 heavy (non-hydrogen) atoms. The van der Waals surface area contributed by atoms with Gasteiger partial charge in [0.05, 0.1) is 18.1 Å². The molecule has 3 N–H and O–H groups in total. The second-order valence-corrected chi connectivity index (χ2v) is 14.5. The molecule has 4 atom stereocenters. The first-order valence-corrected chi connectivity index (χ1v) is 16.7. The summed E-state index contributed by atoms with van der Waals surface area (Å²) in [6.45, 7) is 11.3. The van der Waals surface area contributed by atoms with Crippen molar-refractivity contribution in [3.8, 4) is 5.75 Å². The lowest BCUT2D eigenvalue weighted by Crippen LogP contribution is -2.41. The monoisotopic (exact) mass is 647 g/mol. The molecule has 0 aliphatic heterocycles. The van der Waals surface area contributed by atoms with E-state index in [4.69, 9.17) is 9.47 Å². The molecular formula is C38H49NO6S. The largest absolute Gasteiger partial charge is 0.488 e. The molecule has 3 aromatic rings. The first kappa shape index (κ1) is 36.9. The van der Waals surface area contributed by atoms with Crippen LogP contribution in [-0.2, 0) is 28.1 Å². The molecule has 0 saturated carbocycles. The van der Waals surface area contributed by atoms with Crippen LogP contribution in [0.2, 0.25) is 0 Å². The Balaban J connectivity index is 1.71. The Kier molecular flexibility index (Phi) is 13.9. The number of carbonyl (C=O) groups excluding carboxylic acids is 2. The predicted octanol–water partition coefficient (Wildman–Crippen LogP) is 7.29. The van der Waals surface area contributed by atoms with E-state index in [1.807, 2.05) is 106 Å². The maximum Gasteiger partial charge on any atom is 0.407 e. The number of ether oxygens (including phenoxy) is 2. The van der Waals surface area contributed by atoms with Crippen molar-refractivity contribution in [3.63, 3.8) is 0 Å². The van der Waals surface area contributed by atoms with Gasteiger partial charge in [-0.05, 0) is 89.6 Å². The zero-order chi connectivity index (χ0) is 33.7. The summed E-state index contributed by atoms with van der Waals surface area (Å²) in [7, 11) is 0. The van der Waals surface area contributed by atoms with E-state index in [0.717, 1.165) is 22.4 Å². The van der Waals surface area contributed by atoms with Gasteiger partial charge in [0, 0.05) is 11.8 Å². The third-order valence-electron chi connectivity index (χ3n) is 6.84. The molecule has 1 amide bonds. The Labute approximate surface area is 278 Å². The fourth-order valence-electron chi connectivity index (χ4n) is 4.79. The number of amides is 1. The number of nitrogens with one attached hydrogen (secondary N) is 1. The minimum Gasteiger partial charge on any atom is -0.488 e. The smallest absolute Gasteiger partial charge is 0.407 e. The lowest BCUT2D eigenvalue weighted by molar-refractivity contribution is -0.116. The fraction of sp³-hybridized carbons (Fsp3) is 0.421. The standard InChI is InChI=1S/C38H49NO6S/c1-37(2,3)44-32-20-17-28(18-21-32)23-30(39-36(43)45-38(4,5)6)25-31(40)19-22-34(41)33(24-27-13-9-7-10-14-27)35(42)46-26-29-15-11-8-12-16-29/h7-22,30-31,33-34,40-41H,23-26H2,1-6H3,(H,39,43)/b22-19+/t30-,31+,33-,34+/m0/s1. The minimum absolute atomic E-state index is 0.122. The van der Waals surface area contributed by atoms with Crippen molar-refractivity contribution in [1.82, 2.24) is 5.32 Å². The zero-order valence-electron chi connectivity index (χ0n) is 27.8. The van der Waals surface area contributed by atoms with Gasteiger partial charge in [0.1, 0.15) is 17.0 Å². The van der Waals surface area contributed by atoms with Crippen LogP contribution in [0.1, 0.15) is 64.7 Å². The van der Waals surface area contributed by atoms with Gasteiger partial charge in [0.15, 0.2) is 5.12 Å². The third-order valence-corrected chi connectivity index (χ3v) is 7.91. The number of hydrogen-bond acceptors (Lipinski definition) is 7. The van der Waals surface area contributed by atoms with Crippen LogP contribution in [0, 0.1) is 5.92 Å². The summed E-state index contributed by atoms with van der Waals surface area (Å²) >= 11 is 1.18. The van der Waals surface area contributed by atoms with Gasteiger partial charge in [0.2, 0.25) is 0 Å². The lowest BCUT2D eigenvalue weighted by Gasteiger charge is -2.25.